The highest BCUT2D eigenvalue weighted by Gasteiger charge is 2.28. The van der Waals surface area contributed by atoms with Gasteiger partial charge in [-0.1, -0.05) is 56.7 Å². The monoisotopic (exact) mass is 450 g/mol. The van der Waals surface area contributed by atoms with Crippen LogP contribution in [0.3, 0.4) is 0 Å². The number of para-hydroxylation sites is 1. The van der Waals surface area contributed by atoms with Crippen molar-refractivity contribution in [3.05, 3.63) is 65.3 Å². The van der Waals surface area contributed by atoms with E-state index in [0.29, 0.717) is 17.7 Å². The molecule has 1 aliphatic carbocycles. The van der Waals surface area contributed by atoms with E-state index >= 15 is 0 Å². The average Bonchev–Trinajstić information content (AvgIpc) is 2.90. The number of Topliss-reactive ketones (excluding diaryl/α,β-unsaturated/α-hetero) is 2. The number of carbonyl (C=O) groups is 3. The van der Waals surface area contributed by atoms with E-state index in [9.17, 15) is 14.4 Å². The van der Waals surface area contributed by atoms with Crippen molar-refractivity contribution < 1.29 is 14.4 Å². The summed E-state index contributed by atoms with van der Waals surface area (Å²) < 4.78 is 0. The predicted octanol–water partition coefficient (Wildman–Crippen LogP) is 6.16. The van der Waals surface area contributed by atoms with E-state index in [1.807, 2.05) is 45.0 Å². The molecule has 178 valence electrons. The van der Waals surface area contributed by atoms with Crippen molar-refractivity contribution in [1.29, 1.82) is 0 Å². The van der Waals surface area contributed by atoms with Crippen molar-refractivity contribution >= 4 is 28.9 Å². The molecule has 1 aromatic rings. The summed E-state index contributed by atoms with van der Waals surface area (Å²) in [6.45, 7) is 9.38. The van der Waals surface area contributed by atoms with Gasteiger partial charge in [0.25, 0.3) is 0 Å². The number of carbonyl (C=O) groups excluding carboxylic acids is 3. The molecule has 0 spiro atoms. The highest BCUT2D eigenvalue weighted by molar-refractivity contribution is 6.43. The van der Waals surface area contributed by atoms with Crippen LogP contribution in [0.25, 0.3) is 0 Å². The van der Waals surface area contributed by atoms with Crippen molar-refractivity contribution in [3.63, 3.8) is 0 Å². The Kier molecular flexibility index (Phi) is 12.0. The zero-order valence-electron chi connectivity index (χ0n) is 21.1. The van der Waals surface area contributed by atoms with Gasteiger partial charge in [0.05, 0.1) is 11.4 Å². The molecule has 1 atom stereocenters. The third kappa shape index (κ3) is 8.41. The second kappa shape index (κ2) is 14.1. The molecule has 0 N–H and O–H groups in total. The Morgan fingerprint density at radius 1 is 1.15 bits per heavy atom. The molecule has 1 amide bonds. The van der Waals surface area contributed by atoms with E-state index in [1.54, 1.807) is 38.9 Å². The lowest BCUT2D eigenvalue weighted by Gasteiger charge is -2.18. The third-order valence-electron chi connectivity index (χ3n) is 5.35. The zero-order chi connectivity index (χ0) is 25.0. The van der Waals surface area contributed by atoms with Gasteiger partial charge in [-0.05, 0) is 50.0 Å². The number of aliphatic imine (C=N–C) groups is 1. The molecule has 1 heterocycles. The fraction of sp³-hybridized carbons (Fsp3) is 0.429. The number of anilines is 1. The molecule has 0 radical (unpaired) electrons. The SMILES string of the molecule is CC.CC1CC(=O)c2ccccc2N(C)C1=O.CN=C(/C=C(\C)CC1=CCCC=C1)C(C)=O. The lowest BCUT2D eigenvalue weighted by molar-refractivity contribution is -0.121. The van der Waals surface area contributed by atoms with Gasteiger partial charge in [-0.2, -0.15) is 0 Å². The minimum Gasteiger partial charge on any atom is -0.315 e. The first-order chi connectivity index (χ1) is 15.7. The average molecular weight is 451 g/mol. The number of hydrogen-bond acceptors (Lipinski definition) is 4. The molecule has 5 heteroatoms. The Morgan fingerprint density at radius 2 is 1.82 bits per heavy atom. The van der Waals surface area contributed by atoms with Crippen LogP contribution < -0.4 is 4.90 Å². The van der Waals surface area contributed by atoms with Crippen LogP contribution in [0.4, 0.5) is 5.69 Å². The van der Waals surface area contributed by atoms with Crippen LogP contribution in [0, 0.1) is 5.92 Å². The van der Waals surface area contributed by atoms with E-state index in [-0.39, 0.29) is 23.4 Å². The van der Waals surface area contributed by atoms with Crippen LogP contribution in [0.2, 0.25) is 0 Å². The van der Waals surface area contributed by atoms with Crippen molar-refractivity contribution in [2.45, 2.75) is 60.3 Å². The summed E-state index contributed by atoms with van der Waals surface area (Å²) in [5.41, 5.74) is 4.43. The molecule has 1 unspecified atom stereocenters. The summed E-state index contributed by atoms with van der Waals surface area (Å²) in [6.07, 6.45) is 12.0. The number of nitrogens with zero attached hydrogens (tertiary/aromatic N) is 2. The molecule has 1 aliphatic heterocycles. The summed E-state index contributed by atoms with van der Waals surface area (Å²) in [6, 6.07) is 7.25. The first kappa shape index (κ1) is 28.0. The fourth-order valence-corrected chi connectivity index (χ4v) is 3.66. The molecule has 0 fully saturated rings. The van der Waals surface area contributed by atoms with Gasteiger partial charge in [-0.3, -0.25) is 19.4 Å². The topological polar surface area (TPSA) is 66.8 Å². The Labute approximate surface area is 199 Å². The van der Waals surface area contributed by atoms with Gasteiger partial charge in [0, 0.05) is 38.9 Å². The number of amides is 1. The highest BCUT2D eigenvalue weighted by atomic mass is 16.2. The molecule has 2 aliphatic rings. The van der Waals surface area contributed by atoms with Gasteiger partial charge >= 0.3 is 0 Å². The Balaban J connectivity index is 0.000000307. The van der Waals surface area contributed by atoms with E-state index in [0.717, 1.165) is 24.9 Å². The maximum absolute atomic E-state index is 11.8. The minimum atomic E-state index is -0.227. The van der Waals surface area contributed by atoms with Gasteiger partial charge in [-0.25, -0.2) is 0 Å². The van der Waals surface area contributed by atoms with Crippen molar-refractivity contribution in [1.82, 2.24) is 0 Å². The number of benzene rings is 1. The summed E-state index contributed by atoms with van der Waals surface area (Å²) in [7, 11) is 3.37. The van der Waals surface area contributed by atoms with Gasteiger partial charge in [-0.15, -0.1) is 0 Å². The van der Waals surface area contributed by atoms with E-state index in [2.05, 4.69) is 23.2 Å². The number of fused-ring (bicyclic) bond motifs is 1. The van der Waals surface area contributed by atoms with Crippen molar-refractivity contribution in [2.75, 3.05) is 19.0 Å². The lowest BCUT2D eigenvalue weighted by atomic mass is 9.99. The minimum absolute atomic E-state index is 0.00769. The highest BCUT2D eigenvalue weighted by Crippen LogP contribution is 2.27. The third-order valence-corrected chi connectivity index (χ3v) is 5.35. The zero-order valence-corrected chi connectivity index (χ0v) is 21.1. The van der Waals surface area contributed by atoms with Gasteiger partial charge in [0.2, 0.25) is 5.91 Å². The first-order valence-electron chi connectivity index (χ1n) is 11.6. The summed E-state index contributed by atoms with van der Waals surface area (Å²) in [5.74, 6) is -0.144. The molecule has 0 saturated heterocycles. The maximum Gasteiger partial charge on any atom is 0.230 e. The number of rotatable bonds is 4. The van der Waals surface area contributed by atoms with Crippen LogP contribution in [-0.2, 0) is 9.59 Å². The Morgan fingerprint density at radius 3 is 2.39 bits per heavy atom. The Hall–Kier alpha value is -3.08. The van der Waals surface area contributed by atoms with E-state index < -0.39 is 0 Å². The molecule has 33 heavy (non-hydrogen) atoms. The fourth-order valence-electron chi connectivity index (χ4n) is 3.66. The predicted molar refractivity (Wildman–Crippen MR) is 138 cm³/mol. The van der Waals surface area contributed by atoms with Gasteiger partial charge < -0.3 is 4.90 Å². The standard InChI is InChI=1S/C14H19NO.C12H13NO2.C2H6/c1-11(10-14(15-3)12(2)16)9-13-7-5-4-6-8-13;1-8-7-11(14)9-5-3-4-6-10(9)13(2)12(8)15;1-2/h5,7-8,10H,4,6,9H2,1-3H3;3-6,8H,7H2,1-2H3;1-2H3/b11-10+,15-14?;;. The molecule has 1 aromatic carbocycles. The van der Waals surface area contributed by atoms with Crippen LogP contribution >= 0.6 is 0 Å². The van der Waals surface area contributed by atoms with E-state index in [4.69, 9.17) is 0 Å². The van der Waals surface area contributed by atoms with E-state index in [1.165, 1.54) is 11.1 Å². The number of hydrogen-bond donors (Lipinski definition) is 0. The number of ketones is 2. The molecule has 0 saturated carbocycles. The maximum atomic E-state index is 11.8. The van der Waals surface area contributed by atoms with Gasteiger partial charge in [0.15, 0.2) is 11.6 Å². The largest absolute Gasteiger partial charge is 0.315 e. The van der Waals surface area contributed by atoms with Gasteiger partial charge in [0.1, 0.15) is 0 Å². The van der Waals surface area contributed by atoms with Crippen LogP contribution in [0.5, 0.6) is 0 Å². The van der Waals surface area contributed by atoms with Crippen LogP contribution in [-0.4, -0.2) is 37.3 Å². The number of allylic oxidation sites excluding steroid dienone is 6. The normalized spacial score (nSPS) is 18.2. The second-order valence-electron chi connectivity index (χ2n) is 8.03. The molecular weight excluding hydrogens is 412 g/mol. The Bertz CT molecular complexity index is 967. The quantitative estimate of drug-likeness (QED) is 0.516. The molecule has 5 nitrogen and oxygen atoms in total. The lowest BCUT2D eigenvalue weighted by Crippen LogP contribution is -2.30. The first-order valence-corrected chi connectivity index (χ1v) is 11.6. The molecule has 0 aromatic heterocycles. The molecule has 3 rings (SSSR count). The van der Waals surface area contributed by atoms with Crippen LogP contribution in [0.15, 0.2) is 64.7 Å². The molecule has 0 bridgehead atoms. The molecular formula is C28H38N2O3. The summed E-state index contributed by atoms with van der Waals surface area (Å²) in [5, 5.41) is 0. The van der Waals surface area contributed by atoms with Crippen molar-refractivity contribution in [2.24, 2.45) is 10.9 Å². The second-order valence-corrected chi connectivity index (χ2v) is 8.03. The summed E-state index contributed by atoms with van der Waals surface area (Å²) in [4.78, 5) is 40.4. The van der Waals surface area contributed by atoms with Crippen molar-refractivity contribution in [3.8, 4) is 0 Å². The summed E-state index contributed by atoms with van der Waals surface area (Å²) >= 11 is 0. The van der Waals surface area contributed by atoms with Crippen LogP contribution in [0.1, 0.15) is 70.7 Å². The smallest absolute Gasteiger partial charge is 0.230 e.